The van der Waals surface area contributed by atoms with Crippen LogP contribution in [0.4, 0.5) is 0 Å². The molecule has 5 rings (SSSR count). The monoisotopic (exact) mass is 642 g/mol. The van der Waals surface area contributed by atoms with Gasteiger partial charge in [0.15, 0.2) is 0 Å². The minimum atomic E-state index is -1.05. The first-order valence-corrected chi connectivity index (χ1v) is 16.1. The van der Waals surface area contributed by atoms with E-state index in [9.17, 15) is 29.1 Å². The second-order valence-electron chi connectivity index (χ2n) is 12.3. The zero-order valence-electron chi connectivity index (χ0n) is 26.4. The highest BCUT2D eigenvalue weighted by Crippen LogP contribution is 2.22. The summed E-state index contributed by atoms with van der Waals surface area (Å²) in [4.78, 5) is 68.8. The van der Waals surface area contributed by atoms with Gasteiger partial charge in [0.2, 0.25) is 29.5 Å². The van der Waals surface area contributed by atoms with E-state index in [4.69, 9.17) is 5.73 Å². The van der Waals surface area contributed by atoms with E-state index in [2.05, 4.69) is 21.3 Å². The lowest BCUT2D eigenvalue weighted by atomic mass is 9.99. The Morgan fingerprint density at radius 2 is 1.64 bits per heavy atom. The number of nitrogens with one attached hydrogen (secondary N) is 4. The number of fused-ring (bicyclic) bond motifs is 2. The fourth-order valence-corrected chi connectivity index (χ4v) is 6.15. The summed E-state index contributed by atoms with van der Waals surface area (Å²) in [5.41, 5.74) is 7.77. The summed E-state index contributed by atoms with van der Waals surface area (Å²) in [6.45, 7) is 2.11. The van der Waals surface area contributed by atoms with E-state index in [1.807, 2.05) is 42.5 Å². The van der Waals surface area contributed by atoms with E-state index < -0.39 is 53.8 Å². The van der Waals surface area contributed by atoms with Crippen LogP contribution in [0.1, 0.15) is 43.7 Å². The predicted octanol–water partition coefficient (Wildman–Crippen LogP) is 1.03. The lowest BCUT2D eigenvalue weighted by molar-refractivity contribution is -0.142. The highest BCUT2D eigenvalue weighted by molar-refractivity contribution is 5.96. The third-order valence-corrected chi connectivity index (χ3v) is 8.79. The number of benzene rings is 3. The largest absolute Gasteiger partial charge is 0.508 e. The average molecular weight is 643 g/mol. The molecule has 0 unspecified atom stereocenters. The van der Waals surface area contributed by atoms with Crippen molar-refractivity contribution in [1.29, 1.82) is 0 Å². The molecule has 47 heavy (non-hydrogen) atoms. The molecule has 2 fully saturated rings. The van der Waals surface area contributed by atoms with E-state index in [0.717, 1.165) is 21.9 Å². The third kappa shape index (κ3) is 8.44. The molecule has 2 aliphatic rings. The number of phenolic OH excluding ortho intramolecular Hbond substituents is 1. The third-order valence-electron chi connectivity index (χ3n) is 8.79. The molecule has 0 saturated carbocycles. The second-order valence-corrected chi connectivity index (χ2v) is 12.3. The predicted molar refractivity (Wildman–Crippen MR) is 176 cm³/mol. The Balaban J connectivity index is 1.41. The number of phenols is 1. The van der Waals surface area contributed by atoms with Gasteiger partial charge in [-0.1, -0.05) is 54.6 Å². The van der Waals surface area contributed by atoms with Gasteiger partial charge in [0, 0.05) is 19.5 Å². The van der Waals surface area contributed by atoms with Crippen molar-refractivity contribution in [2.45, 2.75) is 75.7 Å². The molecule has 12 heteroatoms. The minimum Gasteiger partial charge on any atom is -0.508 e. The summed E-state index contributed by atoms with van der Waals surface area (Å²) < 4.78 is 0. The van der Waals surface area contributed by atoms with Crippen molar-refractivity contribution in [3.05, 3.63) is 77.9 Å². The number of hydrogen-bond acceptors (Lipinski definition) is 7. The van der Waals surface area contributed by atoms with E-state index >= 15 is 0 Å². The van der Waals surface area contributed by atoms with Gasteiger partial charge in [0.05, 0.1) is 6.04 Å². The fourth-order valence-electron chi connectivity index (χ4n) is 6.15. The van der Waals surface area contributed by atoms with Crippen LogP contribution in [0, 0.1) is 0 Å². The Labute approximate surface area is 273 Å². The van der Waals surface area contributed by atoms with Crippen LogP contribution < -0.4 is 27.0 Å². The Bertz CT molecular complexity index is 1630. The molecule has 2 heterocycles. The molecule has 2 saturated heterocycles. The van der Waals surface area contributed by atoms with Crippen LogP contribution in [-0.2, 0) is 36.8 Å². The summed E-state index contributed by atoms with van der Waals surface area (Å²) >= 11 is 0. The van der Waals surface area contributed by atoms with Crippen molar-refractivity contribution >= 4 is 40.3 Å². The topological polar surface area (TPSA) is 183 Å². The first-order chi connectivity index (χ1) is 22.6. The number of carbonyl (C=O) groups is 5. The summed E-state index contributed by atoms with van der Waals surface area (Å²) in [6, 6.07) is 15.3. The zero-order chi connectivity index (χ0) is 33.5. The maximum Gasteiger partial charge on any atom is 0.246 e. The van der Waals surface area contributed by atoms with Gasteiger partial charge in [-0.3, -0.25) is 24.0 Å². The minimum absolute atomic E-state index is 0.0912. The van der Waals surface area contributed by atoms with Gasteiger partial charge < -0.3 is 37.0 Å². The molecule has 3 aromatic carbocycles. The van der Waals surface area contributed by atoms with Gasteiger partial charge in [-0.2, -0.15) is 0 Å². The van der Waals surface area contributed by atoms with E-state index in [1.54, 1.807) is 19.1 Å². The number of hydrogen-bond donors (Lipinski definition) is 6. The van der Waals surface area contributed by atoms with Gasteiger partial charge in [0.1, 0.15) is 29.9 Å². The Morgan fingerprint density at radius 1 is 0.915 bits per heavy atom. The number of aromatic hydroxyl groups is 1. The Morgan fingerprint density at radius 3 is 2.40 bits per heavy atom. The van der Waals surface area contributed by atoms with Crippen molar-refractivity contribution in [1.82, 2.24) is 26.2 Å². The number of carbonyl (C=O) groups excluding carboxylic acids is 5. The maximum absolute atomic E-state index is 14.2. The molecule has 7 N–H and O–H groups in total. The van der Waals surface area contributed by atoms with Gasteiger partial charge in [-0.25, -0.2) is 0 Å². The van der Waals surface area contributed by atoms with Crippen LogP contribution in [0.5, 0.6) is 5.75 Å². The van der Waals surface area contributed by atoms with Crippen molar-refractivity contribution in [2.75, 3.05) is 13.1 Å². The number of nitrogens with zero attached hydrogens (tertiary/aromatic N) is 1. The summed E-state index contributed by atoms with van der Waals surface area (Å²) in [7, 11) is 0. The molecule has 0 aliphatic carbocycles. The molecule has 248 valence electrons. The SMILES string of the molecule is C[C@H]1NC(=O)[C@H]2CCCN2C(=O)[C@H](Cc2ccc3ccccc3c2)NC(=O)[C@H](NC(=O)[C@@H](N)Cc2ccc(O)cc2)CCCNC1=O. The molecule has 5 atom stereocenters. The molecule has 5 amide bonds. The number of nitrogens with two attached hydrogens (primary N) is 1. The molecule has 0 bridgehead atoms. The smallest absolute Gasteiger partial charge is 0.246 e. The van der Waals surface area contributed by atoms with Gasteiger partial charge in [-0.15, -0.1) is 0 Å². The molecular formula is C35H42N6O6. The lowest BCUT2D eigenvalue weighted by Crippen LogP contribution is -2.58. The molecule has 0 spiro atoms. The quantitative estimate of drug-likeness (QED) is 0.232. The van der Waals surface area contributed by atoms with Crippen LogP contribution >= 0.6 is 0 Å². The number of rotatable bonds is 6. The molecule has 2 aliphatic heterocycles. The second kappa shape index (κ2) is 15.1. The maximum atomic E-state index is 14.2. The Kier molecular flexibility index (Phi) is 10.7. The molecular weight excluding hydrogens is 600 g/mol. The molecule has 12 nitrogen and oxygen atoms in total. The average Bonchev–Trinajstić information content (AvgIpc) is 3.56. The summed E-state index contributed by atoms with van der Waals surface area (Å²) in [6.07, 6.45) is 1.86. The number of amides is 5. The molecule has 0 aromatic heterocycles. The van der Waals surface area contributed by atoms with Crippen LogP contribution in [0.2, 0.25) is 0 Å². The normalized spacial score (nSPS) is 23.5. The lowest BCUT2D eigenvalue weighted by Gasteiger charge is -2.30. The van der Waals surface area contributed by atoms with Crippen LogP contribution in [0.25, 0.3) is 10.8 Å². The first kappa shape index (κ1) is 33.4. The van der Waals surface area contributed by atoms with Crippen LogP contribution in [0.15, 0.2) is 66.7 Å². The van der Waals surface area contributed by atoms with Crippen molar-refractivity contribution in [2.24, 2.45) is 5.73 Å². The first-order valence-electron chi connectivity index (χ1n) is 16.1. The highest BCUT2D eigenvalue weighted by atomic mass is 16.3. The van der Waals surface area contributed by atoms with Crippen LogP contribution in [0.3, 0.4) is 0 Å². The van der Waals surface area contributed by atoms with E-state index in [1.165, 1.54) is 17.0 Å². The summed E-state index contributed by atoms with van der Waals surface area (Å²) in [5, 5.41) is 22.8. The van der Waals surface area contributed by atoms with Crippen molar-refractivity contribution in [3.8, 4) is 5.75 Å². The Hall–Kier alpha value is -4.97. The summed E-state index contributed by atoms with van der Waals surface area (Å²) in [5.74, 6) is -2.25. The van der Waals surface area contributed by atoms with E-state index in [0.29, 0.717) is 25.8 Å². The fraction of sp³-hybridized carbons (Fsp3) is 0.400. The molecule has 0 radical (unpaired) electrons. The van der Waals surface area contributed by atoms with E-state index in [-0.39, 0.29) is 37.5 Å². The van der Waals surface area contributed by atoms with Crippen LogP contribution in [-0.4, -0.2) is 82.8 Å². The van der Waals surface area contributed by atoms with Gasteiger partial charge in [0.25, 0.3) is 0 Å². The van der Waals surface area contributed by atoms with Crippen molar-refractivity contribution in [3.63, 3.8) is 0 Å². The molecule has 3 aromatic rings. The standard InChI is InChI=1S/C35H42N6O6/c1-21-31(43)37-16-4-8-28(39-32(44)27(36)19-22-11-14-26(42)15-12-22)33(45)40-29(35(47)41-17-5-9-30(41)34(46)38-21)20-23-10-13-24-6-2-3-7-25(24)18-23/h2-3,6-7,10-15,18,21,27-30,42H,4-5,8-9,16-17,19-20,36H2,1H3,(H,37,43)(H,38,46)(H,39,44)(H,40,45)/t21-,27+,28-,29+,30-/m1/s1. The van der Waals surface area contributed by atoms with Gasteiger partial charge >= 0.3 is 0 Å². The van der Waals surface area contributed by atoms with Crippen molar-refractivity contribution < 1.29 is 29.1 Å². The zero-order valence-corrected chi connectivity index (χ0v) is 26.4. The highest BCUT2D eigenvalue weighted by Gasteiger charge is 2.39. The van der Waals surface area contributed by atoms with Gasteiger partial charge in [-0.05, 0) is 73.1 Å².